The predicted octanol–water partition coefficient (Wildman–Crippen LogP) is 4.34. The first-order valence-corrected chi connectivity index (χ1v) is 11.0. The fourth-order valence-corrected chi connectivity index (χ4v) is 5.24. The number of aromatic nitrogens is 1. The number of hydrogen-bond donors (Lipinski definition) is 0. The van der Waals surface area contributed by atoms with E-state index in [4.69, 9.17) is 4.74 Å². The van der Waals surface area contributed by atoms with Gasteiger partial charge in [0, 0.05) is 17.9 Å². The first-order chi connectivity index (χ1) is 14.9. The molecule has 0 aliphatic heterocycles. The zero-order valence-electron chi connectivity index (χ0n) is 16.6. The molecule has 31 heavy (non-hydrogen) atoms. The van der Waals surface area contributed by atoms with Gasteiger partial charge in [-0.2, -0.15) is 0 Å². The molecule has 4 rings (SSSR count). The van der Waals surface area contributed by atoms with Crippen LogP contribution in [0.1, 0.15) is 34.6 Å². The van der Waals surface area contributed by atoms with Crippen molar-refractivity contribution < 1.29 is 22.7 Å². The molecular weight excluding hydrogens is 414 g/mol. The van der Waals surface area contributed by atoms with E-state index < -0.39 is 22.1 Å². The minimum absolute atomic E-state index is 0.0593. The average molecular weight is 433 g/mol. The van der Waals surface area contributed by atoms with Gasteiger partial charge in [-0.3, -0.25) is 9.59 Å². The van der Waals surface area contributed by atoms with Crippen molar-refractivity contribution in [1.29, 1.82) is 0 Å². The molecule has 1 aromatic heterocycles. The molecule has 0 saturated carbocycles. The van der Waals surface area contributed by atoms with Gasteiger partial charge < -0.3 is 4.74 Å². The van der Waals surface area contributed by atoms with Gasteiger partial charge in [0.1, 0.15) is 0 Å². The van der Waals surface area contributed by atoms with E-state index in [2.05, 4.69) is 0 Å². The Morgan fingerprint density at radius 3 is 2.10 bits per heavy atom. The average Bonchev–Trinajstić information content (AvgIpc) is 3.13. The molecule has 0 amide bonds. The highest BCUT2D eigenvalue weighted by Crippen LogP contribution is 2.37. The summed E-state index contributed by atoms with van der Waals surface area (Å²) >= 11 is 0. The number of carbonyl (C=O) groups is 2. The molecule has 0 N–H and O–H groups in total. The zero-order chi connectivity index (χ0) is 22.0. The molecule has 0 aliphatic carbocycles. The van der Waals surface area contributed by atoms with Crippen LogP contribution in [0.4, 0.5) is 0 Å². The number of rotatable bonds is 6. The standard InChI is InChI=1S/C24H19NO5S/c1-17(27)30-24(18-10-4-2-5-11-18)23-21(16-26)20-14-8-9-15-22(20)25(23)31(28,29)19-12-6-3-7-13-19/h2-16,24H,1H3. The van der Waals surface area contributed by atoms with Crippen molar-refractivity contribution in [3.63, 3.8) is 0 Å². The van der Waals surface area contributed by atoms with Crippen LogP contribution in [-0.4, -0.2) is 24.6 Å². The molecule has 1 unspecified atom stereocenters. The minimum atomic E-state index is -4.11. The molecule has 1 heterocycles. The number of benzene rings is 3. The largest absolute Gasteiger partial charge is 0.451 e. The van der Waals surface area contributed by atoms with Gasteiger partial charge in [0.25, 0.3) is 10.0 Å². The maximum absolute atomic E-state index is 13.7. The smallest absolute Gasteiger partial charge is 0.303 e. The minimum Gasteiger partial charge on any atom is -0.451 e. The summed E-state index contributed by atoms with van der Waals surface area (Å²) in [7, 11) is -4.11. The van der Waals surface area contributed by atoms with Crippen molar-refractivity contribution in [2.24, 2.45) is 0 Å². The van der Waals surface area contributed by atoms with E-state index in [0.29, 0.717) is 22.8 Å². The Kier molecular flexibility index (Phi) is 5.44. The van der Waals surface area contributed by atoms with Crippen LogP contribution in [0, 0.1) is 0 Å². The van der Waals surface area contributed by atoms with Gasteiger partial charge in [-0.15, -0.1) is 0 Å². The fraction of sp³-hybridized carbons (Fsp3) is 0.0833. The lowest BCUT2D eigenvalue weighted by Gasteiger charge is -2.21. The van der Waals surface area contributed by atoms with Crippen molar-refractivity contribution in [3.8, 4) is 0 Å². The second-order valence-corrected chi connectivity index (χ2v) is 8.70. The molecule has 1 atom stereocenters. The van der Waals surface area contributed by atoms with Crippen molar-refractivity contribution >= 4 is 33.2 Å². The Morgan fingerprint density at radius 2 is 1.48 bits per heavy atom. The van der Waals surface area contributed by atoms with Crippen LogP contribution >= 0.6 is 0 Å². The maximum Gasteiger partial charge on any atom is 0.303 e. The van der Waals surface area contributed by atoms with Crippen molar-refractivity contribution in [2.75, 3.05) is 0 Å². The Bertz CT molecular complexity index is 1360. The van der Waals surface area contributed by atoms with Gasteiger partial charge in [0.2, 0.25) is 0 Å². The van der Waals surface area contributed by atoms with Gasteiger partial charge in [0.15, 0.2) is 12.4 Å². The lowest BCUT2D eigenvalue weighted by Crippen LogP contribution is -2.21. The van der Waals surface area contributed by atoms with E-state index in [0.717, 1.165) is 3.97 Å². The van der Waals surface area contributed by atoms with Crippen LogP contribution in [0.2, 0.25) is 0 Å². The van der Waals surface area contributed by atoms with E-state index >= 15 is 0 Å². The number of para-hydroxylation sites is 1. The first-order valence-electron chi connectivity index (χ1n) is 9.56. The molecule has 0 fully saturated rings. The summed E-state index contributed by atoms with van der Waals surface area (Å²) in [5, 5.41) is 0.458. The van der Waals surface area contributed by atoms with Gasteiger partial charge >= 0.3 is 5.97 Å². The van der Waals surface area contributed by atoms with Crippen molar-refractivity contribution in [3.05, 3.63) is 102 Å². The zero-order valence-corrected chi connectivity index (χ0v) is 17.5. The summed E-state index contributed by atoms with van der Waals surface area (Å²) in [6.45, 7) is 1.25. The van der Waals surface area contributed by atoms with Crippen LogP contribution in [0.3, 0.4) is 0 Å². The summed E-state index contributed by atoms with van der Waals surface area (Å²) in [5.41, 5.74) is 1.12. The summed E-state index contributed by atoms with van der Waals surface area (Å²) < 4.78 is 34.1. The van der Waals surface area contributed by atoms with E-state index in [1.165, 1.54) is 19.1 Å². The summed E-state index contributed by atoms with van der Waals surface area (Å²) in [6, 6.07) is 23.4. The molecule has 6 nitrogen and oxygen atoms in total. The molecule has 7 heteroatoms. The summed E-state index contributed by atoms with van der Waals surface area (Å²) in [4.78, 5) is 24.2. The SMILES string of the molecule is CC(=O)OC(c1ccccc1)c1c(C=O)c2ccccc2n1S(=O)(=O)c1ccccc1. The topological polar surface area (TPSA) is 82.4 Å². The predicted molar refractivity (Wildman–Crippen MR) is 116 cm³/mol. The Morgan fingerprint density at radius 1 is 0.903 bits per heavy atom. The van der Waals surface area contributed by atoms with E-state index in [1.54, 1.807) is 72.8 Å². The number of esters is 1. The highest BCUT2D eigenvalue weighted by molar-refractivity contribution is 7.90. The molecule has 0 radical (unpaired) electrons. The quantitative estimate of drug-likeness (QED) is 0.334. The maximum atomic E-state index is 13.7. The second-order valence-electron chi connectivity index (χ2n) is 6.92. The number of fused-ring (bicyclic) bond motifs is 1. The Labute approximate surface area is 179 Å². The first kappa shape index (κ1) is 20.6. The van der Waals surface area contributed by atoms with Crippen LogP contribution < -0.4 is 0 Å². The van der Waals surface area contributed by atoms with Crippen LogP contribution in [0.15, 0.2) is 89.8 Å². The third-order valence-corrected chi connectivity index (χ3v) is 6.68. The fourth-order valence-electron chi connectivity index (χ4n) is 3.66. The van der Waals surface area contributed by atoms with Gasteiger partial charge in [-0.25, -0.2) is 12.4 Å². The van der Waals surface area contributed by atoms with E-state index in [9.17, 15) is 18.0 Å². The number of nitrogens with zero attached hydrogens (tertiary/aromatic N) is 1. The molecule has 156 valence electrons. The number of aldehydes is 1. The second kappa shape index (κ2) is 8.20. The summed E-state index contributed by atoms with van der Waals surface area (Å²) in [6.07, 6.45) is -0.488. The van der Waals surface area contributed by atoms with Gasteiger partial charge in [-0.05, 0) is 23.8 Å². The van der Waals surface area contributed by atoms with E-state index in [1.807, 2.05) is 0 Å². The molecule has 4 aromatic rings. The van der Waals surface area contributed by atoms with Crippen LogP contribution in [0.5, 0.6) is 0 Å². The van der Waals surface area contributed by atoms with Crippen LogP contribution in [0.25, 0.3) is 10.9 Å². The van der Waals surface area contributed by atoms with E-state index in [-0.39, 0.29) is 16.2 Å². The Balaban J connectivity index is 2.13. The third kappa shape index (κ3) is 3.64. The highest BCUT2D eigenvalue weighted by atomic mass is 32.2. The third-order valence-electron chi connectivity index (χ3n) is 4.94. The lowest BCUT2D eigenvalue weighted by atomic mass is 10.0. The molecule has 3 aromatic carbocycles. The lowest BCUT2D eigenvalue weighted by molar-refractivity contribution is -0.145. The normalized spacial score (nSPS) is 12.4. The molecule has 0 saturated heterocycles. The Hall–Kier alpha value is -3.71. The van der Waals surface area contributed by atoms with Gasteiger partial charge in [-0.1, -0.05) is 66.7 Å². The highest BCUT2D eigenvalue weighted by Gasteiger charge is 2.33. The van der Waals surface area contributed by atoms with Crippen LogP contribution in [-0.2, 0) is 19.6 Å². The summed E-state index contributed by atoms with van der Waals surface area (Å²) in [5.74, 6) is -0.598. The number of carbonyl (C=O) groups excluding carboxylic acids is 2. The monoisotopic (exact) mass is 433 g/mol. The molecule has 0 aliphatic rings. The van der Waals surface area contributed by atoms with Crippen molar-refractivity contribution in [1.82, 2.24) is 3.97 Å². The molecular formula is C24H19NO5S. The number of hydrogen-bond acceptors (Lipinski definition) is 5. The van der Waals surface area contributed by atoms with Gasteiger partial charge in [0.05, 0.1) is 16.1 Å². The molecule has 0 bridgehead atoms. The molecule has 0 spiro atoms. The van der Waals surface area contributed by atoms with Crippen molar-refractivity contribution in [2.45, 2.75) is 17.9 Å². The number of ether oxygens (including phenoxy) is 1.